The first-order valence-electron chi connectivity index (χ1n) is 11.5. The van der Waals surface area contributed by atoms with Crippen molar-refractivity contribution in [3.05, 3.63) is 70.8 Å². The number of thiazole rings is 1. The van der Waals surface area contributed by atoms with E-state index >= 15 is 0 Å². The molecule has 36 heavy (non-hydrogen) atoms. The molecule has 10 heteroatoms. The molecule has 0 saturated carbocycles. The summed E-state index contributed by atoms with van der Waals surface area (Å²) < 4.78 is 36.5. The molecular weight excluding hydrogens is 484 g/mol. The average Bonchev–Trinajstić information content (AvgIpc) is 3.38. The molecule has 0 N–H and O–H groups in total. The summed E-state index contributed by atoms with van der Waals surface area (Å²) in [6.07, 6.45) is 4.73. The number of nitrogens with zero attached hydrogens (tertiary/aromatic N) is 5. The number of ether oxygens (including phenoxy) is 1. The number of benzene rings is 1. The molecule has 0 spiro atoms. The number of anilines is 1. The Morgan fingerprint density at radius 1 is 1.14 bits per heavy atom. The van der Waals surface area contributed by atoms with Crippen molar-refractivity contribution in [1.82, 2.24) is 19.5 Å². The molecule has 0 fully saturated rings. The van der Waals surface area contributed by atoms with Crippen molar-refractivity contribution in [2.45, 2.75) is 46.3 Å². The molecule has 0 atom stereocenters. The smallest absolute Gasteiger partial charge is 0.419 e. The summed E-state index contributed by atoms with van der Waals surface area (Å²) in [7, 11) is 0. The maximum Gasteiger partial charge on any atom is 0.419 e. The first kappa shape index (κ1) is 24.1. The van der Waals surface area contributed by atoms with Crippen LogP contribution in [0.1, 0.15) is 36.9 Å². The Hall–Kier alpha value is -3.66. The van der Waals surface area contributed by atoms with Crippen LogP contribution in [0.5, 0.6) is 0 Å². The van der Waals surface area contributed by atoms with E-state index in [1.807, 2.05) is 6.92 Å². The molecule has 0 bridgehead atoms. The number of halogens is 2. The van der Waals surface area contributed by atoms with Gasteiger partial charge in [0.1, 0.15) is 34.4 Å². The zero-order valence-corrected chi connectivity index (χ0v) is 21.2. The highest BCUT2D eigenvalue weighted by molar-refractivity contribution is 7.15. The van der Waals surface area contributed by atoms with Gasteiger partial charge < -0.3 is 9.64 Å². The molecule has 0 aliphatic carbocycles. The largest absolute Gasteiger partial charge is 0.443 e. The number of aryl methyl sites for hydroxylation is 1. The maximum absolute atomic E-state index is 14.8. The monoisotopic (exact) mass is 509 g/mol. The van der Waals surface area contributed by atoms with Gasteiger partial charge in [-0.1, -0.05) is 6.07 Å². The molecule has 1 aliphatic heterocycles. The van der Waals surface area contributed by atoms with E-state index in [4.69, 9.17) is 9.72 Å². The second-order valence-corrected chi connectivity index (χ2v) is 10.8. The third kappa shape index (κ3) is 4.48. The number of carbonyl (C=O) groups is 1. The normalized spacial score (nSPS) is 13.6. The highest BCUT2D eigenvalue weighted by Gasteiger charge is 2.31. The lowest BCUT2D eigenvalue weighted by molar-refractivity contribution is 0.0535. The number of aromatic nitrogens is 4. The van der Waals surface area contributed by atoms with Crippen LogP contribution in [0.4, 0.5) is 19.4 Å². The van der Waals surface area contributed by atoms with E-state index in [1.54, 1.807) is 50.6 Å². The molecule has 5 rings (SSSR count). The SMILES string of the molecule is Cc1sc(-c2cncnc2)nc1N1CCc2c(cc(-c3c(F)cccc3F)n2C(=O)OC(C)(C)C)C1. The van der Waals surface area contributed by atoms with Crippen LogP contribution in [-0.2, 0) is 17.7 Å². The highest BCUT2D eigenvalue weighted by atomic mass is 32.1. The molecule has 0 radical (unpaired) electrons. The van der Waals surface area contributed by atoms with E-state index < -0.39 is 23.3 Å². The minimum atomic E-state index is -0.769. The van der Waals surface area contributed by atoms with E-state index in [2.05, 4.69) is 14.9 Å². The van der Waals surface area contributed by atoms with Gasteiger partial charge >= 0.3 is 6.09 Å². The second kappa shape index (κ2) is 9.09. The second-order valence-electron chi connectivity index (χ2n) is 9.61. The molecule has 1 aliphatic rings. The van der Waals surface area contributed by atoms with Crippen molar-refractivity contribution in [2.24, 2.45) is 0 Å². The van der Waals surface area contributed by atoms with Gasteiger partial charge in [-0.25, -0.2) is 33.1 Å². The Morgan fingerprint density at radius 2 is 1.83 bits per heavy atom. The minimum Gasteiger partial charge on any atom is -0.443 e. The molecular formula is C26H25F2N5O2S. The van der Waals surface area contributed by atoms with Crippen LogP contribution in [0.15, 0.2) is 43.0 Å². The fourth-order valence-corrected chi connectivity index (χ4v) is 5.29. The van der Waals surface area contributed by atoms with Gasteiger partial charge in [0, 0.05) is 48.0 Å². The molecule has 3 aromatic heterocycles. The lowest BCUT2D eigenvalue weighted by Crippen LogP contribution is -2.34. The summed E-state index contributed by atoms with van der Waals surface area (Å²) in [6, 6.07) is 5.35. The molecule has 186 valence electrons. The number of rotatable bonds is 3. The molecule has 7 nitrogen and oxygen atoms in total. The number of hydrogen-bond acceptors (Lipinski definition) is 7. The number of hydrogen-bond donors (Lipinski definition) is 0. The predicted octanol–water partition coefficient (Wildman–Crippen LogP) is 6.00. The van der Waals surface area contributed by atoms with Gasteiger partial charge in [-0.2, -0.15) is 0 Å². The Labute approximate surface area is 211 Å². The lowest BCUT2D eigenvalue weighted by Gasteiger charge is -2.29. The zero-order valence-electron chi connectivity index (χ0n) is 20.4. The molecule has 0 unspecified atom stereocenters. The summed E-state index contributed by atoms with van der Waals surface area (Å²) in [5.74, 6) is -0.652. The van der Waals surface area contributed by atoms with Gasteiger partial charge in [0.2, 0.25) is 0 Å². The topological polar surface area (TPSA) is 73.1 Å². The van der Waals surface area contributed by atoms with Gasteiger partial charge in [-0.15, -0.1) is 11.3 Å². The third-order valence-corrected chi connectivity index (χ3v) is 6.86. The van der Waals surface area contributed by atoms with Crippen LogP contribution in [0.25, 0.3) is 21.8 Å². The van der Waals surface area contributed by atoms with E-state index in [0.717, 1.165) is 26.8 Å². The van der Waals surface area contributed by atoms with E-state index in [0.29, 0.717) is 25.2 Å². The van der Waals surface area contributed by atoms with E-state index in [1.165, 1.54) is 29.1 Å². The van der Waals surface area contributed by atoms with Crippen molar-refractivity contribution < 1.29 is 18.3 Å². The lowest BCUT2D eigenvalue weighted by atomic mass is 10.1. The number of fused-ring (bicyclic) bond motifs is 1. The average molecular weight is 510 g/mol. The molecule has 0 amide bonds. The minimum absolute atomic E-state index is 0.142. The molecule has 4 aromatic rings. The Bertz CT molecular complexity index is 1420. The maximum atomic E-state index is 14.8. The summed E-state index contributed by atoms with van der Waals surface area (Å²) in [5.41, 5.74) is 1.44. The quantitative estimate of drug-likeness (QED) is 0.337. The van der Waals surface area contributed by atoms with E-state index in [-0.39, 0.29) is 11.3 Å². The highest BCUT2D eigenvalue weighted by Crippen LogP contribution is 2.37. The van der Waals surface area contributed by atoms with E-state index in [9.17, 15) is 13.6 Å². The van der Waals surface area contributed by atoms with Crippen LogP contribution < -0.4 is 4.90 Å². The van der Waals surface area contributed by atoms with Gasteiger partial charge in [0.15, 0.2) is 0 Å². The fourth-order valence-electron chi connectivity index (χ4n) is 4.37. The van der Waals surface area contributed by atoms with Crippen molar-refractivity contribution in [3.8, 4) is 21.8 Å². The Kier molecular flexibility index (Phi) is 6.07. The van der Waals surface area contributed by atoms with Gasteiger partial charge in [-0.05, 0) is 51.5 Å². The predicted molar refractivity (Wildman–Crippen MR) is 134 cm³/mol. The number of carbonyl (C=O) groups excluding carboxylic acids is 1. The Morgan fingerprint density at radius 3 is 2.50 bits per heavy atom. The van der Waals surface area contributed by atoms with Crippen LogP contribution in [-0.4, -0.2) is 37.8 Å². The first-order chi connectivity index (χ1) is 17.1. The van der Waals surface area contributed by atoms with Crippen molar-refractivity contribution in [3.63, 3.8) is 0 Å². The van der Waals surface area contributed by atoms with Crippen molar-refractivity contribution >= 4 is 23.2 Å². The molecule has 0 saturated heterocycles. The summed E-state index contributed by atoms with van der Waals surface area (Å²) in [5, 5.41) is 0.814. The van der Waals surface area contributed by atoms with Crippen molar-refractivity contribution in [2.75, 3.05) is 11.4 Å². The summed E-state index contributed by atoms with van der Waals surface area (Å²) in [4.78, 5) is 29.3. The first-order valence-corrected chi connectivity index (χ1v) is 12.3. The van der Waals surface area contributed by atoms with Crippen LogP contribution in [0.2, 0.25) is 0 Å². The third-order valence-electron chi connectivity index (χ3n) is 5.85. The van der Waals surface area contributed by atoms with Gasteiger partial charge in [-0.3, -0.25) is 0 Å². The van der Waals surface area contributed by atoms with Crippen LogP contribution in [0.3, 0.4) is 0 Å². The summed E-state index contributed by atoms with van der Waals surface area (Å²) >= 11 is 1.55. The Balaban J connectivity index is 1.56. The fraction of sp³-hybridized carbons (Fsp3) is 0.308. The van der Waals surface area contributed by atoms with Crippen LogP contribution >= 0.6 is 11.3 Å². The molecule has 4 heterocycles. The van der Waals surface area contributed by atoms with Crippen molar-refractivity contribution in [1.29, 1.82) is 0 Å². The van der Waals surface area contributed by atoms with Gasteiger partial charge in [0.05, 0.1) is 11.3 Å². The van der Waals surface area contributed by atoms with Crippen LogP contribution in [0, 0.1) is 18.6 Å². The van der Waals surface area contributed by atoms with Gasteiger partial charge in [0.25, 0.3) is 0 Å². The standard InChI is InChI=1S/C26H25F2N5O2S/c1-15-23(31-24(36-15)17-11-29-14-30-12-17)32-9-8-20-16(13-32)10-21(22-18(27)6-5-7-19(22)28)33(20)25(34)35-26(2,3)4/h5-7,10-12,14H,8-9,13H2,1-4H3. The zero-order chi connectivity index (χ0) is 25.6. The molecule has 1 aromatic carbocycles. The summed E-state index contributed by atoms with van der Waals surface area (Å²) in [6.45, 7) is 8.28.